The molecule has 1 aliphatic heterocycles. The summed E-state index contributed by atoms with van der Waals surface area (Å²) in [5, 5.41) is 0. The van der Waals surface area contributed by atoms with E-state index < -0.39 is 0 Å². The number of rotatable bonds is 3. The van der Waals surface area contributed by atoms with E-state index in [0.717, 1.165) is 12.5 Å². The van der Waals surface area contributed by atoms with Crippen molar-refractivity contribution >= 4 is 11.8 Å². The Bertz CT molecular complexity index is 392. The lowest BCUT2D eigenvalue weighted by molar-refractivity contribution is 0.607. The molecule has 92 valence electrons. The van der Waals surface area contributed by atoms with Crippen LogP contribution in [0.2, 0.25) is 0 Å². The van der Waals surface area contributed by atoms with Gasteiger partial charge in [-0.05, 0) is 54.2 Å². The van der Waals surface area contributed by atoms with Gasteiger partial charge in [0.1, 0.15) is 0 Å². The zero-order valence-electron chi connectivity index (χ0n) is 10.3. The molecular formula is C15H21NS. The molecule has 3 rings (SSSR count). The Hall–Kier alpha value is -0.470. The van der Waals surface area contributed by atoms with Gasteiger partial charge in [0.25, 0.3) is 0 Å². The van der Waals surface area contributed by atoms with Gasteiger partial charge in [-0.15, -0.1) is 0 Å². The number of hydrogen-bond acceptors (Lipinski definition) is 2. The fraction of sp³-hybridized carbons (Fsp3) is 0.600. The van der Waals surface area contributed by atoms with Crippen molar-refractivity contribution in [3.63, 3.8) is 0 Å². The van der Waals surface area contributed by atoms with Crippen molar-refractivity contribution in [1.82, 2.24) is 0 Å². The summed E-state index contributed by atoms with van der Waals surface area (Å²) >= 11 is 2.10. The van der Waals surface area contributed by atoms with Gasteiger partial charge in [0.2, 0.25) is 0 Å². The molecule has 2 fully saturated rings. The van der Waals surface area contributed by atoms with Crippen LogP contribution in [0.15, 0.2) is 24.3 Å². The average molecular weight is 247 g/mol. The molecule has 2 N–H and O–H groups in total. The number of benzene rings is 1. The molecule has 2 aliphatic rings. The zero-order valence-corrected chi connectivity index (χ0v) is 11.1. The fourth-order valence-corrected chi connectivity index (χ4v) is 4.19. The lowest BCUT2D eigenvalue weighted by Gasteiger charge is -2.27. The summed E-state index contributed by atoms with van der Waals surface area (Å²) in [6.45, 7) is 0.825. The van der Waals surface area contributed by atoms with Gasteiger partial charge in [-0.3, -0.25) is 0 Å². The number of thioether (sulfide) groups is 1. The standard InChI is InChI=1S/C15H21NS/c16-11-15(7-8-15)14-4-2-1-3-13(14)12-5-9-17-10-6-12/h1-4,12H,5-11,16H2. The Morgan fingerprint density at radius 3 is 2.53 bits per heavy atom. The van der Waals surface area contributed by atoms with Crippen molar-refractivity contribution < 1.29 is 0 Å². The SMILES string of the molecule is NCC1(c2ccccc2C2CCSCC2)CC1. The highest BCUT2D eigenvalue weighted by Crippen LogP contribution is 2.50. The topological polar surface area (TPSA) is 26.0 Å². The van der Waals surface area contributed by atoms with Gasteiger partial charge in [0.15, 0.2) is 0 Å². The van der Waals surface area contributed by atoms with Gasteiger partial charge < -0.3 is 5.73 Å². The maximum atomic E-state index is 6.00. The van der Waals surface area contributed by atoms with Crippen molar-refractivity contribution in [3.05, 3.63) is 35.4 Å². The molecular weight excluding hydrogens is 226 g/mol. The van der Waals surface area contributed by atoms with Crippen molar-refractivity contribution in [2.24, 2.45) is 5.73 Å². The molecule has 0 aromatic heterocycles. The minimum absolute atomic E-state index is 0.348. The Kier molecular flexibility index (Phi) is 3.18. The lowest BCUT2D eigenvalue weighted by Crippen LogP contribution is -2.23. The van der Waals surface area contributed by atoms with E-state index in [1.807, 2.05) is 0 Å². The summed E-state index contributed by atoms with van der Waals surface area (Å²) in [4.78, 5) is 0. The second-order valence-electron chi connectivity index (χ2n) is 5.46. The molecule has 0 spiro atoms. The molecule has 0 amide bonds. The summed E-state index contributed by atoms with van der Waals surface area (Å²) in [6, 6.07) is 9.07. The van der Waals surface area contributed by atoms with E-state index in [-0.39, 0.29) is 0 Å². The second kappa shape index (κ2) is 4.66. The highest BCUT2D eigenvalue weighted by molar-refractivity contribution is 7.99. The Balaban J connectivity index is 1.93. The molecule has 1 aromatic rings. The molecule has 1 saturated carbocycles. The Morgan fingerprint density at radius 1 is 1.18 bits per heavy atom. The van der Waals surface area contributed by atoms with Gasteiger partial charge in [0, 0.05) is 12.0 Å². The van der Waals surface area contributed by atoms with Crippen LogP contribution < -0.4 is 5.73 Å². The van der Waals surface area contributed by atoms with Gasteiger partial charge in [-0.25, -0.2) is 0 Å². The third-order valence-corrected chi connectivity index (χ3v) is 5.49. The van der Waals surface area contributed by atoms with Crippen LogP contribution in [0.25, 0.3) is 0 Å². The summed E-state index contributed by atoms with van der Waals surface area (Å²) in [6.07, 6.45) is 5.29. The minimum atomic E-state index is 0.348. The van der Waals surface area contributed by atoms with E-state index in [1.165, 1.54) is 37.2 Å². The highest BCUT2D eigenvalue weighted by atomic mass is 32.2. The average Bonchev–Trinajstić information content (AvgIpc) is 3.21. The van der Waals surface area contributed by atoms with E-state index in [4.69, 9.17) is 5.73 Å². The largest absolute Gasteiger partial charge is 0.330 e. The molecule has 2 heteroatoms. The van der Waals surface area contributed by atoms with Crippen molar-refractivity contribution in [2.75, 3.05) is 18.1 Å². The molecule has 0 radical (unpaired) electrons. The smallest absolute Gasteiger partial charge is 0.00790 e. The van der Waals surface area contributed by atoms with E-state index in [1.54, 1.807) is 11.1 Å². The predicted octanol–water partition coefficient (Wildman–Crippen LogP) is 3.29. The normalized spacial score (nSPS) is 23.6. The molecule has 17 heavy (non-hydrogen) atoms. The molecule has 0 unspecified atom stereocenters. The van der Waals surface area contributed by atoms with Crippen LogP contribution in [0.4, 0.5) is 0 Å². The van der Waals surface area contributed by atoms with E-state index in [0.29, 0.717) is 5.41 Å². The van der Waals surface area contributed by atoms with Crippen LogP contribution in [-0.4, -0.2) is 18.1 Å². The maximum Gasteiger partial charge on any atom is 0.00790 e. The fourth-order valence-electron chi connectivity index (χ4n) is 3.08. The summed E-state index contributed by atoms with van der Waals surface area (Å²) < 4.78 is 0. The predicted molar refractivity (Wildman–Crippen MR) is 75.7 cm³/mol. The van der Waals surface area contributed by atoms with Crippen LogP contribution in [0.3, 0.4) is 0 Å². The van der Waals surface area contributed by atoms with Crippen molar-refractivity contribution in [3.8, 4) is 0 Å². The molecule has 1 saturated heterocycles. The van der Waals surface area contributed by atoms with Crippen LogP contribution in [0, 0.1) is 0 Å². The molecule has 1 aromatic carbocycles. The minimum Gasteiger partial charge on any atom is -0.330 e. The number of nitrogens with two attached hydrogens (primary N) is 1. The van der Waals surface area contributed by atoms with Crippen molar-refractivity contribution in [1.29, 1.82) is 0 Å². The van der Waals surface area contributed by atoms with Crippen LogP contribution in [0.1, 0.15) is 42.7 Å². The third-order valence-electron chi connectivity index (χ3n) is 4.44. The first-order chi connectivity index (χ1) is 8.36. The summed E-state index contributed by atoms with van der Waals surface area (Å²) in [5.41, 5.74) is 9.52. The molecule has 1 heterocycles. The Labute approximate surface area is 108 Å². The quantitative estimate of drug-likeness (QED) is 0.887. The van der Waals surface area contributed by atoms with Crippen LogP contribution >= 0.6 is 11.8 Å². The van der Waals surface area contributed by atoms with Crippen LogP contribution in [0.5, 0.6) is 0 Å². The Morgan fingerprint density at radius 2 is 1.88 bits per heavy atom. The summed E-state index contributed by atoms with van der Waals surface area (Å²) in [7, 11) is 0. The van der Waals surface area contributed by atoms with Gasteiger partial charge >= 0.3 is 0 Å². The number of hydrogen-bond donors (Lipinski definition) is 1. The maximum absolute atomic E-state index is 6.00. The molecule has 0 bridgehead atoms. The molecule has 1 aliphatic carbocycles. The summed E-state index contributed by atoms with van der Waals surface area (Å²) in [5.74, 6) is 3.44. The van der Waals surface area contributed by atoms with E-state index in [2.05, 4.69) is 36.0 Å². The lowest BCUT2D eigenvalue weighted by atomic mass is 9.83. The van der Waals surface area contributed by atoms with Crippen LogP contribution in [-0.2, 0) is 5.41 Å². The van der Waals surface area contributed by atoms with Gasteiger partial charge in [-0.2, -0.15) is 11.8 Å². The molecule has 1 nitrogen and oxygen atoms in total. The monoisotopic (exact) mass is 247 g/mol. The van der Waals surface area contributed by atoms with Gasteiger partial charge in [0.05, 0.1) is 0 Å². The van der Waals surface area contributed by atoms with E-state index in [9.17, 15) is 0 Å². The van der Waals surface area contributed by atoms with Gasteiger partial charge in [-0.1, -0.05) is 24.3 Å². The second-order valence-corrected chi connectivity index (χ2v) is 6.68. The highest BCUT2D eigenvalue weighted by Gasteiger charge is 2.44. The first-order valence-corrected chi connectivity index (χ1v) is 7.88. The van der Waals surface area contributed by atoms with Crippen molar-refractivity contribution in [2.45, 2.75) is 37.0 Å². The molecule has 0 atom stereocenters. The zero-order chi connectivity index (χ0) is 11.7. The van der Waals surface area contributed by atoms with E-state index >= 15 is 0 Å². The first kappa shape index (κ1) is 11.6. The third kappa shape index (κ3) is 2.13. The first-order valence-electron chi connectivity index (χ1n) is 6.73.